The Balaban J connectivity index is 2.26. The van der Waals surface area contributed by atoms with Crippen LogP contribution in [0.4, 0.5) is 0 Å². The number of carbonyl (C=O) groups excluding carboxylic acids is 4. The summed E-state index contributed by atoms with van der Waals surface area (Å²) in [5.74, 6) is -1.24. The Morgan fingerprint density at radius 1 is 1.02 bits per heavy atom. The number of esters is 1. The molecule has 1 heterocycles. The van der Waals surface area contributed by atoms with Gasteiger partial charge in [-0.2, -0.15) is 0 Å². The van der Waals surface area contributed by atoms with Crippen LogP contribution in [0.15, 0.2) is 42.1 Å². The number of benzene rings is 1. The summed E-state index contributed by atoms with van der Waals surface area (Å²) < 4.78 is 6.72. The normalized spacial score (nSPS) is 14.7. The van der Waals surface area contributed by atoms with Crippen molar-refractivity contribution in [3.05, 3.63) is 47.7 Å². The standard InChI is InChI=1S/C33H51N5O5/c1-21(29(40)34-22(2)19-26(39)43-12)17-18-37(10)31(42)27(32(3,4)5)35-30(41)28(36(8)9)33(6,7)24-20-38(11)25-16-14-13-15-23(24)25/h13-17,20,22,27-28H,18-19H2,1-12H3,(H,34,40)(H,35,41)/b21-17+. The lowest BCUT2D eigenvalue weighted by Gasteiger charge is -2.40. The van der Waals surface area contributed by atoms with Crippen LogP contribution < -0.4 is 10.6 Å². The van der Waals surface area contributed by atoms with Crippen molar-refractivity contribution in [3.8, 4) is 0 Å². The minimum absolute atomic E-state index is 0.0616. The van der Waals surface area contributed by atoms with E-state index in [-0.39, 0.29) is 30.7 Å². The smallest absolute Gasteiger partial charge is 0.307 e. The monoisotopic (exact) mass is 597 g/mol. The topological polar surface area (TPSA) is 113 Å². The Kier molecular flexibility index (Phi) is 11.7. The van der Waals surface area contributed by atoms with Gasteiger partial charge in [-0.15, -0.1) is 0 Å². The van der Waals surface area contributed by atoms with Crippen LogP contribution in [0.3, 0.4) is 0 Å². The lowest BCUT2D eigenvalue weighted by molar-refractivity contribution is -0.141. The van der Waals surface area contributed by atoms with Crippen LogP contribution in [0.5, 0.6) is 0 Å². The lowest BCUT2D eigenvalue weighted by atomic mass is 9.76. The Labute approximate surface area is 256 Å². The molecule has 10 heteroatoms. The van der Waals surface area contributed by atoms with Gasteiger partial charge in [0, 0.05) is 54.8 Å². The van der Waals surface area contributed by atoms with Crippen molar-refractivity contribution < 1.29 is 23.9 Å². The molecule has 0 saturated heterocycles. The molecule has 43 heavy (non-hydrogen) atoms. The van der Waals surface area contributed by atoms with Crippen molar-refractivity contribution in [2.45, 2.75) is 78.4 Å². The molecule has 1 aromatic heterocycles. The van der Waals surface area contributed by atoms with Gasteiger partial charge >= 0.3 is 5.97 Å². The molecule has 1 aromatic carbocycles. The second-order valence-corrected chi connectivity index (χ2v) is 13.3. The van der Waals surface area contributed by atoms with Gasteiger partial charge in [-0.05, 0) is 45.0 Å². The van der Waals surface area contributed by atoms with Crippen molar-refractivity contribution in [2.75, 3.05) is 34.8 Å². The van der Waals surface area contributed by atoms with Gasteiger partial charge in [-0.3, -0.25) is 24.1 Å². The molecule has 3 atom stereocenters. The molecular weight excluding hydrogens is 546 g/mol. The third kappa shape index (κ3) is 8.69. The molecule has 0 aliphatic heterocycles. The number of amides is 3. The molecule has 10 nitrogen and oxygen atoms in total. The summed E-state index contributed by atoms with van der Waals surface area (Å²) in [6, 6.07) is 6.36. The van der Waals surface area contributed by atoms with Gasteiger partial charge in [0.1, 0.15) is 6.04 Å². The number of hydrogen-bond donors (Lipinski definition) is 2. The number of hydrogen-bond acceptors (Lipinski definition) is 6. The quantitative estimate of drug-likeness (QED) is 0.287. The molecule has 0 fully saturated rings. The van der Waals surface area contributed by atoms with Crippen LogP contribution in [-0.4, -0.2) is 91.0 Å². The molecule has 0 bridgehead atoms. The molecule has 0 spiro atoms. The van der Waals surface area contributed by atoms with Crippen LogP contribution in [-0.2, 0) is 36.4 Å². The van der Waals surface area contributed by atoms with E-state index in [0.29, 0.717) is 5.57 Å². The van der Waals surface area contributed by atoms with Gasteiger partial charge < -0.3 is 24.8 Å². The number of ether oxygens (including phenoxy) is 1. The summed E-state index contributed by atoms with van der Waals surface area (Å²) in [6.45, 7) is 13.4. The minimum atomic E-state index is -0.807. The fraction of sp³-hybridized carbons (Fsp3) is 0.576. The van der Waals surface area contributed by atoms with E-state index < -0.39 is 34.9 Å². The number of fused-ring (bicyclic) bond motifs is 1. The summed E-state index contributed by atoms with van der Waals surface area (Å²) in [7, 11) is 8.70. The highest BCUT2D eigenvalue weighted by molar-refractivity contribution is 5.94. The zero-order valence-electron chi connectivity index (χ0n) is 28.0. The highest BCUT2D eigenvalue weighted by Gasteiger charge is 2.43. The maximum absolute atomic E-state index is 14.1. The predicted octanol–water partition coefficient (Wildman–Crippen LogP) is 3.39. The number of carbonyl (C=O) groups is 4. The zero-order valence-corrected chi connectivity index (χ0v) is 28.0. The van der Waals surface area contributed by atoms with Crippen molar-refractivity contribution in [1.29, 1.82) is 0 Å². The summed E-state index contributed by atoms with van der Waals surface area (Å²) in [5.41, 5.74) is 1.38. The number of nitrogens with zero attached hydrogens (tertiary/aromatic N) is 3. The number of aryl methyl sites for hydroxylation is 1. The first kappa shape index (κ1) is 35.5. The Morgan fingerprint density at radius 3 is 2.19 bits per heavy atom. The van der Waals surface area contributed by atoms with Crippen LogP contribution in [0.25, 0.3) is 10.9 Å². The summed E-state index contributed by atoms with van der Waals surface area (Å²) >= 11 is 0. The van der Waals surface area contributed by atoms with E-state index in [1.54, 1.807) is 27.0 Å². The fourth-order valence-electron chi connectivity index (χ4n) is 5.48. The molecule has 2 aromatic rings. The molecule has 0 aliphatic carbocycles. The minimum Gasteiger partial charge on any atom is -0.469 e. The Hall–Kier alpha value is -3.66. The fourth-order valence-corrected chi connectivity index (χ4v) is 5.48. The van der Waals surface area contributed by atoms with E-state index >= 15 is 0 Å². The van der Waals surface area contributed by atoms with Gasteiger partial charge in [0.05, 0.1) is 19.6 Å². The van der Waals surface area contributed by atoms with Crippen LogP contribution in [0.2, 0.25) is 0 Å². The third-order valence-electron chi connectivity index (χ3n) is 7.92. The molecule has 3 amide bonds. The molecule has 0 radical (unpaired) electrons. The number of methoxy groups -OCH3 is 1. The Bertz CT molecular complexity index is 1350. The van der Waals surface area contributed by atoms with Gasteiger partial charge in [0.15, 0.2) is 0 Å². The number of likely N-dealkylation sites (N-methyl/N-ethyl adjacent to an activating group) is 2. The van der Waals surface area contributed by atoms with Crippen LogP contribution in [0.1, 0.15) is 60.5 Å². The van der Waals surface area contributed by atoms with E-state index in [1.165, 1.54) is 12.0 Å². The third-order valence-corrected chi connectivity index (χ3v) is 7.92. The van der Waals surface area contributed by atoms with Crippen molar-refractivity contribution in [1.82, 2.24) is 25.0 Å². The van der Waals surface area contributed by atoms with Gasteiger partial charge in [-0.25, -0.2) is 0 Å². The largest absolute Gasteiger partial charge is 0.469 e. The van der Waals surface area contributed by atoms with E-state index in [9.17, 15) is 19.2 Å². The number of nitrogens with one attached hydrogen (secondary N) is 2. The van der Waals surface area contributed by atoms with E-state index in [2.05, 4.69) is 52.1 Å². The SMILES string of the molecule is COC(=O)CC(C)NC(=O)/C(C)=C/CN(C)C(=O)C(NC(=O)C(N(C)C)C(C)(C)c1cn(C)c2ccccc12)C(C)(C)C. The highest BCUT2D eigenvalue weighted by Crippen LogP contribution is 2.36. The molecule has 3 unspecified atom stereocenters. The highest BCUT2D eigenvalue weighted by atomic mass is 16.5. The van der Waals surface area contributed by atoms with Crippen LogP contribution in [0, 0.1) is 5.41 Å². The first-order valence-corrected chi connectivity index (χ1v) is 14.6. The zero-order chi connectivity index (χ0) is 32.9. The second kappa shape index (κ2) is 14.2. The van der Waals surface area contributed by atoms with Crippen molar-refractivity contribution in [3.63, 3.8) is 0 Å². The molecule has 2 rings (SSSR count). The Morgan fingerprint density at radius 2 is 1.63 bits per heavy atom. The van der Waals surface area contributed by atoms with Gasteiger partial charge in [0.2, 0.25) is 17.7 Å². The molecule has 2 N–H and O–H groups in total. The first-order valence-electron chi connectivity index (χ1n) is 14.6. The molecule has 0 saturated carbocycles. The number of rotatable bonds is 12. The summed E-state index contributed by atoms with van der Waals surface area (Å²) in [6.07, 6.45) is 3.80. The maximum atomic E-state index is 14.1. The predicted molar refractivity (Wildman–Crippen MR) is 170 cm³/mol. The van der Waals surface area contributed by atoms with Gasteiger partial charge in [0.25, 0.3) is 0 Å². The van der Waals surface area contributed by atoms with Gasteiger partial charge in [-0.1, -0.05) is 58.9 Å². The first-order chi connectivity index (χ1) is 19.8. The average Bonchev–Trinajstić information content (AvgIpc) is 3.25. The lowest BCUT2D eigenvalue weighted by Crippen LogP contribution is -2.61. The van der Waals surface area contributed by atoms with E-state index in [4.69, 9.17) is 0 Å². The van der Waals surface area contributed by atoms with Crippen molar-refractivity contribution >= 4 is 34.6 Å². The summed E-state index contributed by atoms with van der Waals surface area (Å²) in [5, 5.41) is 6.93. The van der Waals surface area contributed by atoms with E-state index in [0.717, 1.165) is 16.5 Å². The van der Waals surface area contributed by atoms with Crippen LogP contribution >= 0.6 is 0 Å². The maximum Gasteiger partial charge on any atom is 0.307 e. The summed E-state index contributed by atoms with van der Waals surface area (Å²) in [4.78, 5) is 55.3. The second-order valence-electron chi connectivity index (χ2n) is 13.3. The number of para-hydroxylation sites is 1. The average molecular weight is 598 g/mol. The molecule has 238 valence electrons. The molecular formula is C33H51N5O5. The van der Waals surface area contributed by atoms with E-state index in [1.807, 2.05) is 58.9 Å². The number of aromatic nitrogens is 1. The van der Waals surface area contributed by atoms with Crippen molar-refractivity contribution in [2.24, 2.45) is 12.5 Å². The molecule has 0 aliphatic rings.